The lowest BCUT2D eigenvalue weighted by molar-refractivity contribution is -0.385. The Kier molecular flexibility index (Phi) is 5.23. The second-order valence-corrected chi connectivity index (χ2v) is 7.62. The molecule has 2 rings (SSSR count). The zero-order chi connectivity index (χ0) is 17.2. The van der Waals surface area contributed by atoms with E-state index in [1.165, 1.54) is 23.5 Å². The fourth-order valence-electron chi connectivity index (χ4n) is 2.74. The molecule has 2 N–H and O–H groups in total. The summed E-state index contributed by atoms with van der Waals surface area (Å²) in [5.74, 6) is 0.0738. The third kappa shape index (κ3) is 3.62. The number of nitro benzene ring substituents is 1. The van der Waals surface area contributed by atoms with Crippen LogP contribution in [0.15, 0.2) is 23.1 Å². The van der Waals surface area contributed by atoms with Crippen LogP contribution in [0.1, 0.15) is 19.8 Å². The predicted octanol–water partition coefficient (Wildman–Crippen LogP) is 1.35. The van der Waals surface area contributed by atoms with Gasteiger partial charge in [-0.3, -0.25) is 10.1 Å². The lowest BCUT2D eigenvalue weighted by Crippen LogP contribution is -2.45. The van der Waals surface area contributed by atoms with Crippen LogP contribution in [0, 0.1) is 16.0 Å². The van der Waals surface area contributed by atoms with Gasteiger partial charge in [-0.25, -0.2) is 8.42 Å². The van der Waals surface area contributed by atoms with Gasteiger partial charge in [-0.15, -0.1) is 0 Å². The van der Waals surface area contributed by atoms with Crippen molar-refractivity contribution in [3.63, 3.8) is 0 Å². The van der Waals surface area contributed by atoms with Crippen molar-refractivity contribution in [2.75, 3.05) is 20.2 Å². The van der Waals surface area contributed by atoms with Crippen molar-refractivity contribution in [3.8, 4) is 5.75 Å². The number of nitro groups is 1. The van der Waals surface area contributed by atoms with Gasteiger partial charge in [0.25, 0.3) is 5.69 Å². The summed E-state index contributed by atoms with van der Waals surface area (Å²) in [6, 6.07) is 3.43. The minimum Gasteiger partial charge on any atom is -0.495 e. The van der Waals surface area contributed by atoms with Gasteiger partial charge in [0.1, 0.15) is 10.6 Å². The number of nitrogens with zero attached hydrogens (tertiary/aromatic N) is 2. The van der Waals surface area contributed by atoms with Crippen molar-refractivity contribution in [1.82, 2.24) is 4.31 Å². The molecule has 0 bridgehead atoms. The highest BCUT2D eigenvalue weighted by atomic mass is 32.2. The number of sulfonamides is 1. The SMILES string of the molecule is COc1cc([N+](=O)[O-])ccc1S(=O)(=O)N1CCCC(C(C)N)C1. The highest BCUT2D eigenvalue weighted by Crippen LogP contribution is 2.32. The Hall–Kier alpha value is -1.71. The van der Waals surface area contributed by atoms with Crippen molar-refractivity contribution in [3.05, 3.63) is 28.3 Å². The minimum atomic E-state index is -3.78. The van der Waals surface area contributed by atoms with Gasteiger partial charge in [-0.1, -0.05) is 0 Å². The second-order valence-electron chi connectivity index (χ2n) is 5.72. The van der Waals surface area contributed by atoms with Crippen LogP contribution in [0.2, 0.25) is 0 Å². The Bertz CT molecular complexity index is 690. The van der Waals surface area contributed by atoms with Crippen LogP contribution in [0.5, 0.6) is 5.75 Å². The maximum Gasteiger partial charge on any atom is 0.273 e. The zero-order valence-electron chi connectivity index (χ0n) is 13.1. The van der Waals surface area contributed by atoms with Crippen LogP contribution in [0.4, 0.5) is 5.69 Å². The molecular formula is C14H21N3O5S. The summed E-state index contributed by atoms with van der Waals surface area (Å²) in [5.41, 5.74) is 5.68. The molecule has 23 heavy (non-hydrogen) atoms. The van der Waals surface area contributed by atoms with Crippen molar-refractivity contribution in [2.45, 2.75) is 30.7 Å². The normalized spacial score (nSPS) is 20.9. The van der Waals surface area contributed by atoms with Crippen LogP contribution < -0.4 is 10.5 Å². The summed E-state index contributed by atoms with van der Waals surface area (Å²) in [5, 5.41) is 10.8. The Balaban J connectivity index is 2.37. The number of rotatable bonds is 5. The smallest absolute Gasteiger partial charge is 0.273 e. The molecule has 9 heteroatoms. The van der Waals surface area contributed by atoms with E-state index in [0.29, 0.717) is 13.1 Å². The van der Waals surface area contributed by atoms with Crippen molar-refractivity contribution in [2.24, 2.45) is 11.7 Å². The molecule has 8 nitrogen and oxygen atoms in total. The maximum absolute atomic E-state index is 12.9. The van der Waals surface area contributed by atoms with Gasteiger partial charge in [0.15, 0.2) is 0 Å². The quantitative estimate of drug-likeness (QED) is 0.637. The van der Waals surface area contributed by atoms with Crippen molar-refractivity contribution >= 4 is 15.7 Å². The van der Waals surface area contributed by atoms with E-state index in [2.05, 4.69) is 0 Å². The molecule has 0 amide bonds. The Labute approximate surface area is 135 Å². The standard InChI is InChI=1S/C14H21N3O5S/c1-10(15)11-4-3-7-16(9-11)23(20,21)14-6-5-12(17(18)19)8-13(14)22-2/h5-6,8,10-11H,3-4,7,9,15H2,1-2H3. The van der Waals surface area contributed by atoms with E-state index >= 15 is 0 Å². The average Bonchev–Trinajstić information content (AvgIpc) is 2.54. The van der Waals surface area contributed by atoms with Gasteiger partial charge in [-0.2, -0.15) is 4.31 Å². The number of methoxy groups -OCH3 is 1. The number of piperidine rings is 1. The fourth-order valence-corrected chi connectivity index (χ4v) is 4.42. The van der Waals surface area contributed by atoms with Crippen LogP contribution in [0.25, 0.3) is 0 Å². The first kappa shape index (κ1) is 17.6. The van der Waals surface area contributed by atoms with Gasteiger partial charge in [0.05, 0.1) is 18.1 Å². The Morgan fingerprint density at radius 1 is 1.48 bits per heavy atom. The van der Waals surface area contributed by atoms with E-state index < -0.39 is 14.9 Å². The number of hydrogen-bond donors (Lipinski definition) is 1. The molecule has 0 radical (unpaired) electrons. The Morgan fingerprint density at radius 2 is 2.17 bits per heavy atom. The van der Waals surface area contributed by atoms with Crippen LogP contribution >= 0.6 is 0 Å². The number of ether oxygens (including phenoxy) is 1. The highest BCUT2D eigenvalue weighted by Gasteiger charge is 2.33. The molecular weight excluding hydrogens is 322 g/mol. The third-order valence-electron chi connectivity index (χ3n) is 4.14. The maximum atomic E-state index is 12.9. The van der Waals surface area contributed by atoms with Gasteiger partial charge in [0.2, 0.25) is 10.0 Å². The molecule has 1 aromatic carbocycles. The number of benzene rings is 1. The molecule has 128 valence electrons. The van der Waals surface area contributed by atoms with Crippen LogP contribution in [0.3, 0.4) is 0 Å². The first-order valence-electron chi connectivity index (χ1n) is 7.35. The summed E-state index contributed by atoms with van der Waals surface area (Å²) in [4.78, 5) is 10.2. The van der Waals surface area contributed by atoms with E-state index in [9.17, 15) is 18.5 Å². The van der Waals surface area contributed by atoms with E-state index in [1.54, 1.807) is 0 Å². The molecule has 1 aromatic rings. The van der Waals surface area contributed by atoms with E-state index in [4.69, 9.17) is 10.5 Å². The summed E-state index contributed by atoms with van der Waals surface area (Å²) in [6.45, 7) is 2.62. The number of non-ortho nitro benzene ring substituents is 1. The van der Waals surface area contributed by atoms with Crippen molar-refractivity contribution < 1.29 is 18.1 Å². The fraction of sp³-hybridized carbons (Fsp3) is 0.571. The largest absolute Gasteiger partial charge is 0.495 e. The molecule has 2 atom stereocenters. The van der Waals surface area contributed by atoms with Crippen LogP contribution in [-0.4, -0.2) is 43.9 Å². The number of nitrogens with two attached hydrogens (primary N) is 1. The zero-order valence-corrected chi connectivity index (χ0v) is 14.0. The monoisotopic (exact) mass is 343 g/mol. The van der Waals surface area contributed by atoms with E-state index in [0.717, 1.165) is 18.9 Å². The minimum absolute atomic E-state index is 0.0258. The lowest BCUT2D eigenvalue weighted by Gasteiger charge is -2.33. The molecule has 0 aromatic heterocycles. The lowest BCUT2D eigenvalue weighted by atomic mass is 9.93. The molecule has 1 saturated heterocycles. The molecule has 1 aliphatic rings. The second kappa shape index (κ2) is 6.81. The predicted molar refractivity (Wildman–Crippen MR) is 84.8 cm³/mol. The molecule has 1 heterocycles. The molecule has 1 fully saturated rings. The molecule has 0 spiro atoms. The van der Waals surface area contributed by atoms with E-state index in [1.807, 2.05) is 6.92 Å². The van der Waals surface area contributed by atoms with Crippen LogP contribution in [-0.2, 0) is 10.0 Å². The summed E-state index contributed by atoms with van der Waals surface area (Å²) in [7, 11) is -2.49. The van der Waals surface area contributed by atoms with E-state index in [-0.39, 0.29) is 28.3 Å². The average molecular weight is 343 g/mol. The van der Waals surface area contributed by atoms with Gasteiger partial charge in [0, 0.05) is 25.2 Å². The Morgan fingerprint density at radius 3 is 2.74 bits per heavy atom. The third-order valence-corrected chi connectivity index (χ3v) is 6.04. The summed E-state index contributed by atoms with van der Waals surface area (Å²) in [6.07, 6.45) is 1.63. The highest BCUT2D eigenvalue weighted by molar-refractivity contribution is 7.89. The van der Waals surface area contributed by atoms with Gasteiger partial charge < -0.3 is 10.5 Å². The summed E-state index contributed by atoms with van der Waals surface area (Å²) >= 11 is 0. The molecule has 0 saturated carbocycles. The first-order chi connectivity index (χ1) is 10.8. The molecule has 2 unspecified atom stereocenters. The van der Waals surface area contributed by atoms with Gasteiger partial charge in [-0.05, 0) is 31.7 Å². The number of hydrogen-bond acceptors (Lipinski definition) is 6. The van der Waals surface area contributed by atoms with Gasteiger partial charge >= 0.3 is 0 Å². The van der Waals surface area contributed by atoms with Crippen molar-refractivity contribution in [1.29, 1.82) is 0 Å². The molecule has 1 aliphatic heterocycles. The first-order valence-corrected chi connectivity index (χ1v) is 8.79. The summed E-state index contributed by atoms with van der Waals surface area (Å²) < 4.78 is 32.1. The molecule has 0 aliphatic carbocycles. The topological polar surface area (TPSA) is 116 Å².